The molecule has 0 amide bonds. The largest absolute Gasteiger partial charge is 0.396 e. The summed E-state index contributed by atoms with van der Waals surface area (Å²) in [5.41, 5.74) is 0. The zero-order chi connectivity index (χ0) is 8.81. The molecule has 2 heteroatoms. The highest BCUT2D eigenvalue weighted by Crippen LogP contribution is 2.17. The predicted octanol–water partition coefficient (Wildman–Crippen LogP) is 1.66. The normalized spacial score (nSPS) is 27.8. The molecule has 2 atom stereocenters. The first-order chi connectivity index (χ1) is 5.86. The Morgan fingerprint density at radius 2 is 2.00 bits per heavy atom. The summed E-state index contributed by atoms with van der Waals surface area (Å²) in [5, 5.41) is 8.66. The summed E-state index contributed by atoms with van der Waals surface area (Å²) in [5.74, 6) is 0. The van der Waals surface area contributed by atoms with Gasteiger partial charge in [-0.05, 0) is 12.8 Å². The molecule has 0 fully saturated rings. The van der Waals surface area contributed by atoms with Crippen LogP contribution >= 0.6 is 0 Å². The van der Waals surface area contributed by atoms with Gasteiger partial charge in [0.25, 0.3) is 0 Å². The van der Waals surface area contributed by atoms with Gasteiger partial charge in [-0.3, -0.25) is 0 Å². The standard InChI is InChI=1S/C10H16O2/c1-2-3-4-9-5-6-10(12-9)7-8-11/h2,5-6,9-11H,1,3-4,7-8H2/t9-,10-/m1/s1. The molecule has 1 heterocycles. The fourth-order valence-corrected chi connectivity index (χ4v) is 1.30. The van der Waals surface area contributed by atoms with Crippen LogP contribution in [0.5, 0.6) is 0 Å². The summed E-state index contributed by atoms with van der Waals surface area (Å²) in [6.45, 7) is 3.85. The first-order valence-electron chi connectivity index (χ1n) is 4.42. The quantitative estimate of drug-likeness (QED) is 0.633. The van der Waals surface area contributed by atoms with Crippen LogP contribution in [0.15, 0.2) is 24.8 Å². The van der Waals surface area contributed by atoms with E-state index in [2.05, 4.69) is 12.7 Å². The van der Waals surface area contributed by atoms with Gasteiger partial charge >= 0.3 is 0 Å². The molecular formula is C10H16O2. The van der Waals surface area contributed by atoms with Crippen molar-refractivity contribution in [3.8, 4) is 0 Å². The van der Waals surface area contributed by atoms with Crippen molar-refractivity contribution in [2.45, 2.75) is 31.5 Å². The Balaban J connectivity index is 2.18. The summed E-state index contributed by atoms with van der Waals surface area (Å²) >= 11 is 0. The van der Waals surface area contributed by atoms with E-state index in [-0.39, 0.29) is 18.8 Å². The van der Waals surface area contributed by atoms with Crippen LogP contribution in [0.1, 0.15) is 19.3 Å². The van der Waals surface area contributed by atoms with Gasteiger partial charge in [0.05, 0.1) is 12.2 Å². The van der Waals surface area contributed by atoms with Crippen LogP contribution in [0, 0.1) is 0 Å². The molecule has 0 aliphatic carbocycles. The van der Waals surface area contributed by atoms with Crippen molar-refractivity contribution in [2.24, 2.45) is 0 Å². The number of allylic oxidation sites excluding steroid dienone is 1. The maximum Gasteiger partial charge on any atom is 0.0786 e. The number of ether oxygens (including phenoxy) is 1. The lowest BCUT2D eigenvalue weighted by molar-refractivity contribution is 0.0423. The molecule has 1 aliphatic heterocycles. The van der Waals surface area contributed by atoms with Crippen LogP contribution < -0.4 is 0 Å². The monoisotopic (exact) mass is 168 g/mol. The summed E-state index contributed by atoms with van der Waals surface area (Å²) in [6, 6.07) is 0. The molecule has 0 aromatic carbocycles. The molecule has 1 rings (SSSR count). The Morgan fingerprint density at radius 1 is 1.33 bits per heavy atom. The highest BCUT2D eigenvalue weighted by molar-refractivity contribution is 5.02. The van der Waals surface area contributed by atoms with E-state index in [1.54, 1.807) is 0 Å². The van der Waals surface area contributed by atoms with E-state index in [1.807, 2.05) is 12.2 Å². The van der Waals surface area contributed by atoms with Gasteiger partial charge in [-0.1, -0.05) is 18.2 Å². The van der Waals surface area contributed by atoms with Crippen LogP contribution in [0.25, 0.3) is 0 Å². The number of aliphatic hydroxyl groups is 1. The number of aliphatic hydroxyl groups excluding tert-OH is 1. The number of hydrogen-bond donors (Lipinski definition) is 1. The zero-order valence-corrected chi connectivity index (χ0v) is 7.28. The van der Waals surface area contributed by atoms with E-state index < -0.39 is 0 Å². The molecule has 12 heavy (non-hydrogen) atoms. The maximum atomic E-state index is 8.66. The zero-order valence-electron chi connectivity index (χ0n) is 7.28. The van der Waals surface area contributed by atoms with Crippen molar-refractivity contribution in [1.29, 1.82) is 0 Å². The third-order valence-electron chi connectivity index (χ3n) is 1.96. The van der Waals surface area contributed by atoms with Crippen LogP contribution in [0.3, 0.4) is 0 Å². The topological polar surface area (TPSA) is 29.5 Å². The molecule has 68 valence electrons. The van der Waals surface area contributed by atoms with Crippen LogP contribution in [0.2, 0.25) is 0 Å². The van der Waals surface area contributed by atoms with Crippen molar-refractivity contribution in [3.05, 3.63) is 24.8 Å². The first-order valence-corrected chi connectivity index (χ1v) is 4.42. The minimum atomic E-state index is 0.129. The molecule has 0 radical (unpaired) electrons. The van der Waals surface area contributed by atoms with Gasteiger partial charge in [-0.15, -0.1) is 6.58 Å². The van der Waals surface area contributed by atoms with Gasteiger partial charge in [-0.2, -0.15) is 0 Å². The summed E-state index contributed by atoms with van der Waals surface area (Å²) in [4.78, 5) is 0. The Hall–Kier alpha value is -0.600. The maximum absolute atomic E-state index is 8.66. The van der Waals surface area contributed by atoms with E-state index in [1.165, 1.54) is 0 Å². The summed E-state index contributed by atoms with van der Waals surface area (Å²) in [6.07, 6.45) is 9.07. The highest BCUT2D eigenvalue weighted by atomic mass is 16.5. The molecular weight excluding hydrogens is 152 g/mol. The fraction of sp³-hybridized carbons (Fsp3) is 0.600. The first kappa shape index (κ1) is 9.49. The van der Waals surface area contributed by atoms with Crippen molar-refractivity contribution < 1.29 is 9.84 Å². The number of rotatable bonds is 5. The second-order valence-electron chi connectivity index (χ2n) is 2.98. The third kappa shape index (κ3) is 2.80. The Kier molecular flexibility index (Phi) is 4.05. The molecule has 0 bridgehead atoms. The molecule has 0 aromatic heterocycles. The van der Waals surface area contributed by atoms with E-state index in [0.29, 0.717) is 6.42 Å². The molecule has 0 spiro atoms. The van der Waals surface area contributed by atoms with Gasteiger partial charge < -0.3 is 9.84 Å². The van der Waals surface area contributed by atoms with E-state index >= 15 is 0 Å². The lowest BCUT2D eigenvalue weighted by atomic mass is 10.2. The highest BCUT2D eigenvalue weighted by Gasteiger charge is 2.17. The lowest BCUT2D eigenvalue weighted by Gasteiger charge is -2.11. The van der Waals surface area contributed by atoms with Gasteiger partial charge in [0, 0.05) is 13.0 Å². The van der Waals surface area contributed by atoms with Crippen molar-refractivity contribution in [1.82, 2.24) is 0 Å². The molecule has 0 saturated heterocycles. The van der Waals surface area contributed by atoms with E-state index in [9.17, 15) is 0 Å². The molecule has 1 aliphatic rings. The average Bonchev–Trinajstić information content (AvgIpc) is 2.50. The Labute approximate surface area is 73.5 Å². The fourth-order valence-electron chi connectivity index (χ4n) is 1.30. The Morgan fingerprint density at radius 3 is 2.58 bits per heavy atom. The van der Waals surface area contributed by atoms with E-state index in [0.717, 1.165) is 12.8 Å². The average molecular weight is 168 g/mol. The van der Waals surface area contributed by atoms with Crippen LogP contribution in [-0.2, 0) is 4.74 Å². The lowest BCUT2D eigenvalue weighted by Crippen LogP contribution is -2.13. The van der Waals surface area contributed by atoms with Crippen molar-refractivity contribution in [3.63, 3.8) is 0 Å². The third-order valence-corrected chi connectivity index (χ3v) is 1.96. The molecule has 1 N–H and O–H groups in total. The molecule has 0 saturated carbocycles. The minimum absolute atomic E-state index is 0.129. The Bertz CT molecular complexity index is 163. The molecule has 0 aromatic rings. The SMILES string of the molecule is C=CCC[C@@H]1C=C[C@H](CCO)O1. The van der Waals surface area contributed by atoms with Crippen molar-refractivity contribution >= 4 is 0 Å². The van der Waals surface area contributed by atoms with Gasteiger partial charge in [0.2, 0.25) is 0 Å². The predicted molar refractivity (Wildman–Crippen MR) is 48.9 cm³/mol. The van der Waals surface area contributed by atoms with Crippen LogP contribution in [0.4, 0.5) is 0 Å². The van der Waals surface area contributed by atoms with Crippen LogP contribution in [-0.4, -0.2) is 23.9 Å². The van der Waals surface area contributed by atoms with Gasteiger partial charge in [0.1, 0.15) is 0 Å². The summed E-state index contributed by atoms with van der Waals surface area (Å²) in [7, 11) is 0. The molecule has 2 nitrogen and oxygen atoms in total. The molecule has 0 unspecified atom stereocenters. The van der Waals surface area contributed by atoms with E-state index in [4.69, 9.17) is 9.84 Å². The van der Waals surface area contributed by atoms with Crippen molar-refractivity contribution in [2.75, 3.05) is 6.61 Å². The summed E-state index contributed by atoms with van der Waals surface area (Å²) < 4.78 is 5.58. The second-order valence-corrected chi connectivity index (χ2v) is 2.98. The smallest absolute Gasteiger partial charge is 0.0786 e. The minimum Gasteiger partial charge on any atom is -0.396 e. The van der Waals surface area contributed by atoms with Gasteiger partial charge in [-0.25, -0.2) is 0 Å². The van der Waals surface area contributed by atoms with Gasteiger partial charge in [0.15, 0.2) is 0 Å². The number of hydrogen-bond acceptors (Lipinski definition) is 2. The second kappa shape index (κ2) is 5.12.